The maximum atomic E-state index is 8.66. The van der Waals surface area contributed by atoms with Gasteiger partial charge in [0.05, 0.1) is 29.8 Å². The van der Waals surface area contributed by atoms with Gasteiger partial charge in [0.1, 0.15) is 0 Å². The second kappa shape index (κ2) is 4.07. The first kappa shape index (κ1) is 9.63. The predicted molar refractivity (Wildman–Crippen MR) is 54.1 cm³/mol. The molecule has 14 heavy (non-hydrogen) atoms. The van der Waals surface area contributed by atoms with Crippen molar-refractivity contribution in [1.82, 2.24) is 4.98 Å². The standard InChI is InChI=1S/C10H12N2OS/c1-13-6-8-9(4-5-11)14-10(12-8)7-2-3-7/h7H,2-4,6H2,1H3. The van der Waals surface area contributed by atoms with E-state index in [1.54, 1.807) is 18.4 Å². The Bertz CT molecular complexity index is 363. The zero-order valence-corrected chi connectivity index (χ0v) is 8.93. The summed E-state index contributed by atoms with van der Waals surface area (Å²) in [6, 6.07) is 2.17. The minimum Gasteiger partial charge on any atom is -0.378 e. The summed E-state index contributed by atoms with van der Waals surface area (Å²) in [6.45, 7) is 0.528. The Morgan fingerprint density at radius 2 is 2.43 bits per heavy atom. The van der Waals surface area contributed by atoms with E-state index in [1.807, 2.05) is 0 Å². The SMILES string of the molecule is COCc1nc(C2CC2)sc1CC#N. The van der Waals surface area contributed by atoms with Gasteiger partial charge in [-0.05, 0) is 12.8 Å². The lowest BCUT2D eigenvalue weighted by Crippen LogP contribution is -1.92. The quantitative estimate of drug-likeness (QED) is 0.762. The molecule has 1 heterocycles. The van der Waals surface area contributed by atoms with Crippen LogP contribution in [0.3, 0.4) is 0 Å². The van der Waals surface area contributed by atoms with Gasteiger partial charge in [0.2, 0.25) is 0 Å². The molecule has 1 aliphatic rings. The zero-order valence-electron chi connectivity index (χ0n) is 8.12. The highest BCUT2D eigenvalue weighted by atomic mass is 32.1. The first-order valence-electron chi connectivity index (χ1n) is 4.69. The number of nitriles is 1. The van der Waals surface area contributed by atoms with Crippen LogP contribution in [0.1, 0.15) is 34.3 Å². The van der Waals surface area contributed by atoms with Crippen LogP contribution >= 0.6 is 11.3 Å². The number of nitrogens with zero attached hydrogens (tertiary/aromatic N) is 2. The number of rotatable bonds is 4. The fraction of sp³-hybridized carbons (Fsp3) is 0.600. The summed E-state index contributed by atoms with van der Waals surface area (Å²) in [7, 11) is 1.66. The van der Waals surface area contributed by atoms with Crippen molar-refractivity contribution in [3.05, 3.63) is 15.6 Å². The summed E-state index contributed by atoms with van der Waals surface area (Å²) in [4.78, 5) is 5.60. The summed E-state index contributed by atoms with van der Waals surface area (Å²) < 4.78 is 5.06. The monoisotopic (exact) mass is 208 g/mol. The predicted octanol–water partition coefficient (Wildman–Crippen LogP) is 2.23. The van der Waals surface area contributed by atoms with Crippen molar-refractivity contribution in [2.75, 3.05) is 7.11 Å². The van der Waals surface area contributed by atoms with Crippen LogP contribution in [0.5, 0.6) is 0 Å². The fourth-order valence-electron chi connectivity index (χ4n) is 1.37. The van der Waals surface area contributed by atoms with Gasteiger partial charge in [-0.2, -0.15) is 5.26 Å². The smallest absolute Gasteiger partial charge is 0.0963 e. The van der Waals surface area contributed by atoms with Crippen LogP contribution < -0.4 is 0 Å². The first-order valence-corrected chi connectivity index (χ1v) is 5.51. The second-order valence-electron chi connectivity index (χ2n) is 3.46. The third kappa shape index (κ3) is 1.94. The number of hydrogen-bond acceptors (Lipinski definition) is 4. The number of hydrogen-bond donors (Lipinski definition) is 0. The molecule has 1 saturated carbocycles. The molecule has 0 aromatic carbocycles. The van der Waals surface area contributed by atoms with Gasteiger partial charge >= 0.3 is 0 Å². The zero-order chi connectivity index (χ0) is 9.97. The van der Waals surface area contributed by atoms with Crippen molar-refractivity contribution in [2.24, 2.45) is 0 Å². The van der Waals surface area contributed by atoms with Gasteiger partial charge in [-0.3, -0.25) is 0 Å². The van der Waals surface area contributed by atoms with Gasteiger partial charge in [-0.1, -0.05) is 0 Å². The van der Waals surface area contributed by atoms with Gasteiger partial charge in [0, 0.05) is 17.9 Å². The Hall–Kier alpha value is -0.920. The Morgan fingerprint density at radius 1 is 1.64 bits per heavy atom. The molecule has 0 radical (unpaired) electrons. The van der Waals surface area contributed by atoms with E-state index in [4.69, 9.17) is 10.00 Å². The topological polar surface area (TPSA) is 45.9 Å². The van der Waals surface area contributed by atoms with Crippen LogP contribution in [0.15, 0.2) is 0 Å². The summed E-state index contributed by atoms with van der Waals surface area (Å²) in [5.74, 6) is 0.669. The molecule has 0 amide bonds. The highest BCUT2D eigenvalue weighted by Crippen LogP contribution is 2.42. The third-order valence-corrected chi connectivity index (χ3v) is 3.50. The molecule has 1 aliphatic carbocycles. The van der Waals surface area contributed by atoms with E-state index in [-0.39, 0.29) is 0 Å². The Morgan fingerprint density at radius 3 is 3.00 bits per heavy atom. The second-order valence-corrected chi connectivity index (χ2v) is 4.58. The van der Waals surface area contributed by atoms with E-state index in [0.29, 0.717) is 18.9 Å². The van der Waals surface area contributed by atoms with Gasteiger partial charge in [0.15, 0.2) is 0 Å². The first-order chi connectivity index (χ1) is 6.85. The molecule has 1 fully saturated rings. The molecule has 3 nitrogen and oxygen atoms in total. The van der Waals surface area contributed by atoms with E-state index in [2.05, 4.69) is 11.1 Å². The van der Waals surface area contributed by atoms with Crippen LogP contribution in [0, 0.1) is 11.3 Å². The molecule has 0 N–H and O–H groups in total. The molecule has 0 aliphatic heterocycles. The van der Waals surface area contributed by atoms with E-state index in [0.717, 1.165) is 10.6 Å². The van der Waals surface area contributed by atoms with E-state index < -0.39 is 0 Å². The summed E-state index contributed by atoms with van der Waals surface area (Å²) in [5, 5.41) is 9.86. The normalized spacial score (nSPS) is 15.4. The lowest BCUT2D eigenvalue weighted by atomic mass is 10.3. The molecular weight excluding hydrogens is 196 g/mol. The highest BCUT2D eigenvalue weighted by molar-refractivity contribution is 7.11. The van der Waals surface area contributed by atoms with Gasteiger partial charge in [0.25, 0.3) is 0 Å². The molecule has 0 bridgehead atoms. The van der Waals surface area contributed by atoms with Crippen LogP contribution in [0.2, 0.25) is 0 Å². The van der Waals surface area contributed by atoms with E-state index in [1.165, 1.54) is 17.8 Å². The fourth-order valence-corrected chi connectivity index (χ4v) is 2.54. The van der Waals surface area contributed by atoms with Crippen LogP contribution in [-0.4, -0.2) is 12.1 Å². The number of ether oxygens (including phenoxy) is 1. The molecule has 74 valence electrons. The molecule has 0 spiro atoms. The minimum absolute atomic E-state index is 0.461. The maximum Gasteiger partial charge on any atom is 0.0963 e. The van der Waals surface area contributed by atoms with E-state index >= 15 is 0 Å². The Kier molecular flexibility index (Phi) is 2.80. The lowest BCUT2D eigenvalue weighted by Gasteiger charge is -1.94. The highest BCUT2D eigenvalue weighted by Gasteiger charge is 2.28. The molecule has 0 saturated heterocycles. The minimum atomic E-state index is 0.461. The molecule has 0 unspecified atom stereocenters. The molecular formula is C10H12N2OS. The average molecular weight is 208 g/mol. The molecule has 2 rings (SSSR count). The molecule has 1 aromatic heterocycles. The average Bonchev–Trinajstić information content (AvgIpc) is 2.94. The lowest BCUT2D eigenvalue weighted by molar-refractivity contribution is 0.181. The van der Waals surface area contributed by atoms with Gasteiger partial charge in [-0.25, -0.2) is 4.98 Å². The Labute approximate surface area is 87.3 Å². The number of thiazole rings is 1. The van der Waals surface area contributed by atoms with Crippen molar-refractivity contribution >= 4 is 11.3 Å². The van der Waals surface area contributed by atoms with Crippen molar-refractivity contribution in [2.45, 2.75) is 31.8 Å². The molecule has 1 aromatic rings. The number of methoxy groups -OCH3 is 1. The van der Waals surface area contributed by atoms with Crippen molar-refractivity contribution in [3.63, 3.8) is 0 Å². The summed E-state index contributed by atoms with van der Waals surface area (Å²) in [5.41, 5.74) is 0.959. The van der Waals surface area contributed by atoms with Crippen LogP contribution in [0.4, 0.5) is 0 Å². The van der Waals surface area contributed by atoms with Gasteiger partial charge in [-0.15, -0.1) is 11.3 Å². The maximum absolute atomic E-state index is 8.66. The summed E-state index contributed by atoms with van der Waals surface area (Å²) >= 11 is 1.68. The largest absolute Gasteiger partial charge is 0.378 e. The van der Waals surface area contributed by atoms with E-state index in [9.17, 15) is 0 Å². The van der Waals surface area contributed by atoms with Crippen molar-refractivity contribution in [1.29, 1.82) is 5.26 Å². The van der Waals surface area contributed by atoms with Crippen LogP contribution in [0.25, 0.3) is 0 Å². The van der Waals surface area contributed by atoms with Gasteiger partial charge < -0.3 is 4.74 Å². The Balaban J connectivity index is 2.21. The number of aromatic nitrogens is 1. The van der Waals surface area contributed by atoms with Crippen LogP contribution in [-0.2, 0) is 17.8 Å². The third-order valence-electron chi connectivity index (χ3n) is 2.24. The van der Waals surface area contributed by atoms with Crippen molar-refractivity contribution in [3.8, 4) is 6.07 Å². The summed E-state index contributed by atoms with van der Waals surface area (Å²) in [6.07, 6.45) is 2.97. The molecule has 4 heteroatoms. The van der Waals surface area contributed by atoms with Crippen molar-refractivity contribution < 1.29 is 4.74 Å². The molecule has 0 atom stereocenters.